The topological polar surface area (TPSA) is 69.0 Å². The summed E-state index contributed by atoms with van der Waals surface area (Å²) in [6, 6.07) is 9.90. The second kappa shape index (κ2) is 7.33. The third kappa shape index (κ3) is 3.48. The van der Waals surface area contributed by atoms with Gasteiger partial charge in [0.1, 0.15) is 18.9 Å². The van der Waals surface area contributed by atoms with Crippen LogP contribution in [0.5, 0.6) is 11.6 Å². The molecule has 0 saturated carbocycles. The molecule has 2 aromatic heterocycles. The predicted molar refractivity (Wildman–Crippen MR) is 84.9 cm³/mol. The molecule has 0 radical (unpaired) electrons. The molecule has 114 valence electrons. The van der Waals surface area contributed by atoms with Crippen molar-refractivity contribution in [2.45, 2.75) is 6.54 Å². The third-order valence-electron chi connectivity index (χ3n) is 3.14. The molecule has 0 aliphatic rings. The molecule has 0 aliphatic heterocycles. The molecule has 22 heavy (non-hydrogen) atoms. The standard InChI is InChI=1S/C15H16N4O.CH2O/c1-16-9-12-8-15(18-10-17-12)20-13-3-4-14-11(7-13)5-6-19(14)2;1-2/h3-8,10,16H,9H2,1-2H3;1H2. The van der Waals surface area contributed by atoms with Crippen LogP contribution in [0.2, 0.25) is 0 Å². The SMILES string of the molecule is C=O.CNCc1cc(Oc2ccc3c(ccn3C)c2)ncn1. The summed E-state index contributed by atoms with van der Waals surface area (Å²) in [5, 5.41) is 4.20. The van der Waals surface area contributed by atoms with Crippen molar-refractivity contribution >= 4 is 17.7 Å². The van der Waals surface area contributed by atoms with Crippen LogP contribution in [-0.4, -0.2) is 28.4 Å². The fourth-order valence-electron chi connectivity index (χ4n) is 2.15. The molecule has 1 N–H and O–H groups in total. The zero-order valence-electron chi connectivity index (χ0n) is 12.6. The van der Waals surface area contributed by atoms with E-state index in [0.29, 0.717) is 12.4 Å². The summed E-state index contributed by atoms with van der Waals surface area (Å²) in [6.07, 6.45) is 3.55. The van der Waals surface area contributed by atoms with Gasteiger partial charge >= 0.3 is 0 Å². The van der Waals surface area contributed by atoms with Gasteiger partial charge in [0.25, 0.3) is 0 Å². The number of hydrogen-bond donors (Lipinski definition) is 1. The normalized spacial score (nSPS) is 10.1. The first-order valence-electron chi connectivity index (χ1n) is 6.73. The van der Waals surface area contributed by atoms with Gasteiger partial charge in [-0.25, -0.2) is 9.97 Å². The number of nitrogens with one attached hydrogen (secondary N) is 1. The van der Waals surface area contributed by atoms with Crippen LogP contribution in [0.25, 0.3) is 10.9 Å². The van der Waals surface area contributed by atoms with Crippen LogP contribution in [0.4, 0.5) is 0 Å². The molecule has 0 aliphatic carbocycles. The number of fused-ring (bicyclic) bond motifs is 1. The average Bonchev–Trinajstić information content (AvgIpc) is 2.91. The van der Waals surface area contributed by atoms with Crippen molar-refractivity contribution in [3.63, 3.8) is 0 Å². The van der Waals surface area contributed by atoms with Gasteiger partial charge in [-0.2, -0.15) is 0 Å². The maximum atomic E-state index is 8.00. The first-order valence-corrected chi connectivity index (χ1v) is 6.73. The van der Waals surface area contributed by atoms with E-state index >= 15 is 0 Å². The van der Waals surface area contributed by atoms with Crippen LogP contribution in [-0.2, 0) is 18.4 Å². The van der Waals surface area contributed by atoms with E-state index in [1.54, 1.807) is 0 Å². The lowest BCUT2D eigenvalue weighted by Gasteiger charge is -2.06. The van der Waals surface area contributed by atoms with Crippen molar-refractivity contribution < 1.29 is 9.53 Å². The minimum atomic E-state index is 0.556. The van der Waals surface area contributed by atoms with E-state index in [4.69, 9.17) is 9.53 Å². The maximum absolute atomic E-state index is 8.00. The first kappa shape index (κ1) is 15.7. The molecular weight excluding hydrogens is 280 g/mol. The lowest BCUT2D eigenvalue weighted by molar-refractivity contribution is -0.0979. The van der Waals surface area contributed by atoms with Gasteiger partial charge in [-0.3, -0.25) is 0 Å². The van der Waals surface area contributed by atoms with Crippen molar-refractivity contribution in [1.29, 1.82) is 0 Å². The molecule has 6 nitrogen and oxygen atoms in total. The molecular formula is C16H18N4O2. The molecule has 0 atom stereocenters. The van der Waals surface area contributed by atoms with Gasteiger partial charge in [0.2, 0.25) is 5.88 Å². The van der Waals surface area contributed by atoms with E-state index in [-0.39, 0.29) is 0 Å². The van der Waals surface area contributed by atoms with Crippen molar-refractivity contribution in [2.24, 2.45) is 7.05 Å². The van der Waals surface area contributed by atoms with Gasteiger partial charge in [0, 0.05) is 36.8 Å². The Bertz CT molecular complexity index is 755. The zero-order chi connectivity index (χ0) is 15.9. The quantitative estimate of drug-likeness (QED) is 0.800. The summed E-state index contributed by atoms with van der Waals surface area (Å²) in [5.74, 6) is 1.33. The van der Waals surface area contributed by atoms with Crippen LogP contribution in [0.15, 0.2) is 42.9 Å². The Morgan fingerprint density at radius 3 is 2.82 bits per heavy atom. The summed E-state index contributed by atoms with van der Waals surface area (Å²) >= 11 is 0. The zero-order valence-corrected chi connectivity index (χ0v) is 12.6. The number of aromatic nitrogens is 3. The summed E-state index contributed by atoms with van der Waals surface area (Å²) in [4.78, 5) is 16.3. The van der Waals surface area contributed by atoms with Gasteiger partial charge in [0.05, 0.1) is 5.69 Å². The number of benzene rings is 1. The Morgan fingerprint density at radius 2 is 2.05 bits per heavy atom. The molecule has 0 bridgehead atoms. The fraction of sp³-hybridized carbons (Fsp3) is 0.188. The lowest BCUT2D eigenvalue weighted by Crippen LogP contribution is -2.07. The highest BCUT2D eigenvalue weighted by Crippen LogP contribution is 2.25. The van der Waals surface area contributed by atoms with Gasteiger partial charge < -0.3 is 19.4 Å². The number of aryl methyl sites for hydroxylation is 1. The Kier molecular flexibility index (Phi) is 5.21. The van der Waals surface area contributed by atoms with Gasteiger partial charge in [-0.1, -0.05) is 0 Å². The van der Waals surface area contributed by atoms with Crippen LogP contribution in [0.1, 0.15) is 5.69 Å². The highest BCUT2D eigenvalue weighted by atomic mass is 16.5. The molecule has 3 rings (SSSR count). The number of nitrogens with zero attached hydrogens (tertiary/aromatic N) is 3. The van der Waals surface area contributed by atoms with Crippen molar-refractivity contribution in [3.8, 4) is 11.6 Å². The largest absolute Gasteiger partial charge is 0.439 e. The molecule has 0 amide bonds. The molecule has 0 spiro atoms. The van der Waals surface area contributed by atoms with Gasteiger partial charge in [0.15, 0.2) is 0 Å². The average molecular weight is 298 g/mol. The molecule has 0 saturated heterocycles. The van der Waals surface area contributed by atoms with E-state index in [0.717, 1.165) is 16.8 Å². The number of rotatable bonds is 4. The molecule has 1 aromatic carbocycles. The third-order valence-corrected chi connectivity index (χ3v) is 3.14. The fourth-order valence-corrected chi connectivity index (χ4v) is 2.15. The van der Waals surface area contributed by atoms with Gasteiger partial charge in [-0.15, -0.1) is 0 Å². The minimum absolute atomic E-state index is 0.556. The summed E-state index contributed by atoms with van der Waals surface area (Å²) in [6.45, 7) is 2.69. The lowest BCUT2D eigenvalue weighted by atomic mass is 10.2. The molecule has 6 heteroatoms. The van der Waals surface area contributed by atoms with E-state index in [9.17, 15) is 0 Å². The maximum Gasteiger partial charge on any atom is 0.222 e. The van der Waals surface area contributed by atoms with E-state index in [1.165, 1.54) is 11.8 Å². The van der Waals surface area contributed by atoms with Crippen LogP contribution >= 0.6 is 0 Å². The number of hydrogen-bond acceptors (Lipinski definition) is 5. The molecule has 3 aromatic rings. The van der Waals surface area contributed by atoms with E-state index in [2.05, 4.69) is 25.9 Å². The number of ether oxygens (including phenoxy) is 1. The Labute approximate surface area is 128 Å². The van der Waals surface area contributed by atoms with Crippen molar-refractivity contribution in [3.05, 3.63) is 48.5 Å². The van der Waals surface area contributed by atoms with Crippen molar-refractivity contribution in [1.82, 2.24) is 19.9 Å². The van der Waals surface area contributed by atoms with E-state index in [1.807, 2.05) is 51.3 Å². The molecule has 0 unspecified atom stereocenters. The second-order valence-corrected chi connectivity index (χ2v) is 4.63. The van der Waals surface area contributed by atoms with E-state index < -0.39 is 0 Å². The second-order valence-electron chi connectivity index (χ2n) is 4.63. The van der Waals surface area contributed by atoms with Crippen LogP contribution < -0.4 is 10.1 Å². The molecule has 0 fully saturated rings. The van der Waals surface area contributed by atoms with Crippen molar-refractivity contribution in [2.75, 3.05) is 7.05 Å². The minimum Gasteiger partial charge on any atom is -0.439 e. The highest BCUT2D eigenvalue weighted by molar-refractivity contribution is 5.81. The Balaban J connectivity index is 0.000000847. The summed E-state index contributed by atoms with van der Waals surface area (Å²) in [7, 11) is 3.91. The number of carbonyl (C=O) groups excluding carboxylic acids is 1. The molecule has 2 heterocycles. The smallest absolute Gasteiger partial charge is 0.222 e. The highest BCUT2D eigenvalue weighted by Gasteiger charge is 2.04. The summed E-state index contributed by atoms with van der Waals surface area (Å²) in [5.41, 5.74) is 2.08. The van der Waals surface area contributed by atoms with Crippen LogP contribution in [0.3, 0.4) is 0 Å². The number of carbonyl (C=O) groups is 1. The van der Waals surface area contributed by atoms with Gasteiger partial charge in [-0.05, 0) is 31.3 Å². The Morgan fingerprint density at radius 1 is 1.23 bits per heavy atom. The first-order chi connectivity index (χ1) is 10.8. The Hall–Kier alpha value is -2.73. The monoisotopic (exact) mass is 298 g/mol. The van der Waals surface area contributed by atoms with Crippen LogP contribution in [0, 0.1) is 0 Å². The summed E-state index contributed by atoms with van der Waals surface area (Å²) < 4.78 is 7.87. The predicted octanol–water partition coefficient (Wildman–Crippen LogP) is 2.30.